The van der Waals surface area contributed by atoms with Crippen molar-refractivity contribution in [3.8, 4) is 0 Å². The van der Waals surface area contributed by atoms with Crippen molar-refractivity contribution < 1.29 is 0 Å². The Labute approximate surface area is 80.2 Å². The first-order valence-electron chi connectivity index (χ1n) is 5.14. The van der Waals surface area contributed by atoms with Gasteiger partial charge in [-0.1, -0.05) is 30.7 Å². The molecule has 0 saturated carbocycles. The van der Waals surface area contributed by atoms with Crippen LogP contribution in [0.3, 0.4) is 0 Å². The summed E-state index contributed by atoms with van der Waals surface area (Å²) in [7, 11) is 0. The van der Waals surface area contributed by atoms with E-state index >= 15 is 0 Å². The Morgan fingerprint density at radius 2 is 2.31 bits per heavy atom. The van der Waals surface area contributed by atoms with Crippen molar-refractivity contribution in [1.29, 1.82) is 0 Å². The van der Waals surface area contributed by atoms with Crippen LogP contribution in [0, 0.1) is 6.92 Å². The van der Waals surface area contributed by atoms with Crippen molar-refractivity contribution in [2.45, 2.75) is 32.7 Å². The quantitative estimate of drug-likeness (QED) is 0.728. The molecule has 1 N–H and O–H groups in total. The van der Waals surface area contributed by atoms with Crippen LogP contribution in [0.4, 0.5) is 0 Å². The highest BCUT2D eigenvalue weighted by molar-refractivity contribution is 5.37. The topological polar surface area (TPSA) is 12.0 Å². The van der Waals surface area contributed by atoms with E-state index in [1.807, 2.05) is 0 Å². The molecule has 0 saturated heterocycles. The monoisotopic (exact) mass is 175 g/mol. The van der Waals surface area contributed by atoms with Crippen molar-refractivity contribution in [2.24, 2.45) is 0 Å². The molecule has 0 fully saturated rings. The summed E-state index contributed by atoms with van der Waals surface area (Å²) in [6.45, 7) is 5.41. The molecule has 1 aliphatic rings. The van der Waals surface area contributed by atoms with Gasteiger partial charge in [-0.05, 0) is 37.4 Å². The first-order valence-corrected chi connectivity index (χ1v) is 5.14. The summed E-state index contributed by atoms with van der Waals surface area (Å²) in [6.07, 6.45) is 2.51. The lowest BCUT2D eigenvalue weighted by Crippen LogP contribution is -2.18. The standard InChI is InChI=1S/C12H17N/c1-3-13-12-7-6-10-5-4-9(2)8-11(10)12/h4-5,8,12-13H,3,6-7H2,1-2H3. The Morgan fingerprint density at radius 1 is 1.46 bits per heavy atom. The summed E-state index contributed by atoms with van der Waals surface area (Å²) in [6, 6.07) is 7.44. The minimum Gasteiger partial charge on any atom is -0.310 e. The Kier molecular flexibility index (Phi) is 2.36. The first-order chi connectivity index (χ1) is 6.31. The molecule has 13 heavy (non-hydrogen) atoms. The van der Waals surface area contributed by atoms with Crippen molar-refractivity contribution in [3.05, 3.63) is 34.9 Å². The maximum Gasteiger partial charge on any atom is 0.0326 e. The minimum absolute atomic E-state index is 0.611. The predicted molar refractivity (Wildman–Crippen MR) is 55.9 cm³/mol. The van der Waals surface area contributed by atoms with Crippen LogP contribution >= 0.6 is 0 Å². The Hall–Kier alpha value is -0.820. The van der Waals surface area contributed by atoms with E-state index in [1.165, 1.54) is 29.5 Å². The fourth-order valence-electron chi connectivity index (χ4n) is 2.18. The summed E-state index contributed by atoms with van der Waals surface area (Å²) in [5.41, 5.74) is 4.45. The normalized spacial score (nSPS) is 20.3. The summed E-state index contributed by atoms with van der Waals surface area (Å²) >= 11 is 0. The van der Waals surface area contributed by atoms with Gasteiger partial charge in [0.25, 0.3) is 0 Å². The highest BCUT2D eigenvalue weighted by Crippen LogP contribution is 2.31. The molecule has 0 aliphatic heterocycles. The molecular weight excluding hydrogens is 158 g/mol. The van der Waals surface area contributed by atoms with Gasteiger partial charge in [0.15, 0.2) is 0 Å². The van der Waals surface area contributed by atoms with Crippen LogP contribution < -0.4 is 5.32 Å². The molecule has 1 aromatic rings. The van der Waals surface area contributed by atoms with Gasteiger partial charge < -0.3 is 5.32 Å². The largest absolute Gasteiger partial charge is 0.310 e. The van der Waals surface area contributed by atoms with Gasteiger partial charge in [-0.2, -0.15) is 0 Å². The number of nitrogens with one attached hydrogen (secondary N) is 1. The molecule has 1 atom stereocenters. The molecule has 0 heterocycles. The smallest absolute Gasteiger partial charge is 0.0326 e. The summed E-state index contributed by atoms with van der Waals surface area (Å²) in [4.78, 5) is 0. The van der Waals surface area contributed by atoms with Crippen molar-refractivity contribution in [3.63, 3.8) is 0 Å². The SMILES string of the molecule is CCNC1CCc2ccc(C)cc21. The third-order valence-electron chi connectivity index (χ3n) is 2.83. The second-order valence-corrected chi connectivity index (χ2v) is 3.85. The van der Waals surface area contributed by atoms with Gasteiger partial charge >= 0.3 is 0 Å². The summed E-state index contributed by atoms with van der Waals surface area (Å²) in [5.74, 6) is 0. The number of hydrogen-bond donors (Lipinski definition) is 1. The Morgan fingerprint density at radius 3 is 3.08 bits per heavy atom. The van der Waals surface area contributed by atoms with Gasteiger partial charge in [0.2, 0.25) is 0 Å². The van der Waals surface area contributed by atoms with E-state index in [1.54, 1.807) is 0 Å². The lowest BCUT2D eigenvalue weighted by atomic mass is 10.1. The van der Waals surface area contributed by atoms with E-state index in [9.17, 15) is 0 Å². The molecule has 0 radical (unpaired) electrons. The molecule has 0 amide bonds. The van der Waals surface area contributed by atoms with Gasteiger partial charge in [-0.25, -0.2) is 0 Å². The lowest BCUT2D eigenvalue weighted by Gasteiger charge is -2.12. The van der Waals surface area contributed by atoms with Crippen LogP contribution in [0.1, 0.15) is 36.1 Å². The number of rotatable bonds is 2. The first kappa shape index (κ1) is 8.76. The van der Waals surface area contributed by atoms with E-state index in [4.69, 9.17) is 0 Å². The molecule has 0 spiro atoms. The Balaban J connectivity index is 2.29. The molecule has 1 heteroatoms. The average molecular weight is 175 g/mol. The second kappa shape index (κ2) is 3.51. The van der Waals surface area contributed by atoms with Crippen LogP contribution in [0.25, 0.3) is 0 Å². The molecule has 1 aliphatic carbocycles. The highest BCUT2D eigenvalue weighted by Gasteiger charge is 2.20. The van der Waals surface area contributed by atoms with Gasteiger partial charge in [-0.3, -0.25) is 0 Å². The van der Waals surface area contributed by atoms with Crippen LogP contribution in [-0.2, 0) is 6.42 Å². The average Bonchev–Trinajstić information content (AvgIpc) is 2.49. The number of benzene rings is 1. The third kappa shape index (κ3) is 1.61. The molecule has 2 rings (SSSR count). The van der Waals surface area contributed by atoms with Gasteiger partial charge in [0.05, 0.1) is 0 Å². The number of aryl methyl sites for hydroxylation is 2. The zero-order chi connectivity index (χ0) is 9.26. The molecule has 70 valence electrons. The molecule has 1 unspecified atom stereocenters. The second-order valence-electron chi connectivity index (χ2n) is 3.85. The van der Waals surface area contributed by atoms with E-state index in [2.05, 4.69) is 37.4 Å². The molecule has 0 bridgehead atoms. The maximum atomic E-state index is 3.53. The van der Waals surface area contributed by atoms with Gasteiger partial charge in [0.1, 0.15) is 0 Å². The highest BCUT2D eigenvalue weighted by atomic mass is 14.9. The zero-order valence-electron chi connectivity index (χ0n) is 8.43. The molecule has 1 nitrogen and oxygen atoms in total. The predicted octanol–water partition coefficient (Wildman–Crippen LogP) is 2.59. The maximum absolute atomic E-state index is 3.53. The van der Waals surface area contributed by atoms with E-state index < -0.39 is 0 Å². The van der Waals surface area contributed by atoms with E-state index in [0.717, 1.165) is 6.54 Å². The van der Waals surface area contributed by atoms with Crippen LogP contribution in [0.2, 0.25) is 0 Å². The van der Waals surface area contributed by atoms with Crippen LogP contribution in [-0.4, -0.2) is 6.54 Å². The minimum atomic E-state index is 0.611. The van der Waals surface area contributed by atoms with Gasteiger partial charge in [-0.15, -0.1) is 0 Å². The van der Waals surface area contributed by atoms with Crippen LogP contribution in [0.5, 0.6) is 0 Å². The Bertz CT molecular complexity index is 302. The fourth-order valence-corrected chi connectivity index (χ4v) is 2.18. The summed E-state index contributed by atoms with van der Waals surface area (Å²) in [5, 5.41) is 3.53. The molecular formula is C12H17N. The third-order valence-corrected chi connectivity index (χ3v) is 2.83. The fraction of sp³-hybridized carbons (Fsp3) is 0.500. The van der Waals surface area contributed by atoms with Crippen molar-refractivity contribution >= 4 is 0 Å². The lowest BCUT2D eigenvalue weighted by molar-refractivity contribution is 0.549. The number of hydrogen-bond acceptors (Lipinski definition) is 1. The van der Waals surface area contributed by atoms with Crippen molar-refractivity contribution in [1.82, 2.24) is 5.32 Å². The summed E-state index contributed by atoms with van der Waals surface area (Å²) < 4.78 is 0. The van der Waals surface area contributed by atoms with Crippen LogP contribution in [0.15, 0.2) is 18.2 Å². The van der Waals surface area contributed by atoms with E-state index in [-0.39, 0.29) is 0 Å². The number of fused-ring (bicyclic) bond motifs is 1. The molecule has 0 aromatic heterocycles. The van der Waals surface area contributed by atoms with E-state index in [0.29, 0.717) is 6.04 Å². The zero-order valence-corrected chi connectivity index (χ0v) is 8.43. The van der Waals surface area contributed by atoms with Gasteiger partial charge in [0, 0.05) is 6.04 Å². The molecule has 1 aromatic carbocycles. The van der Waals surface area contributed by atoms with Crippen molar-refractivity contribution in [2.75, 3.05) is 6.54 Å².